The third-order valence-electron chi connectivity index (χ3n) is 3.50. The minimum absolute atomic E-state index is 0.224. The molecule has 21 heavy (non-hydrogen) atoms. The van der Waals surface area contributed by atoms with Gasteiger partial charge in [0, 0.05) is 19.4 Å². The van der Waals surface area contributed by atoms with Crippen LogP contribution in [0.4, 0.5) is 0 Å². The van der Waals surface area contributed by atoms with Crippen LogP contribution in [0.25, 0.3) is 0 Å². The van der Waals surface area contributed by atoms with Crippen LogP contribution in [0.2, 0.25) is 0 Å². The number of nitrogens with zero attached hydrogens (tertiary/aromatic N) is 1. The Balaban J connectivity index is 3.29. The number of carbonyl (C=O) groups excluding carboxylic acids is 1. The van der Waals surface area contributed by atoms with E-state index in [1.54, 1.807) is 0 Å². The molecular weight excluding hydrogens is 260 g/mol. The summed E-state index contributed by atoms with van der Waals surface area (Å²) in [5.74, 6) is 0.224. The van der Waals surface area contributed by atoms with E-state index >= 15 is 0 Å². The zero-order chi connectivity index (χ0) is 16.0. The highest BCUT2D eigenvalue weighted by Crippen LogP contribution is 2.07. The first kappa shape index (κ1) is 20.2. The van der Waals surface area contributed by atoms with Gasteiger partial charge in [0.05, 0.1) is 27.7 Å². The Morgan fingerprint density at radius 1 is 0.952 bits per heavy atom. The lowest BCUT2D eigenvalue weighted by Gasteiger charge is -2.23. The Hall–Kier alpha value is -0.830. The maximum absolute atomic E-state index is 11.6. The molecule has 0 unspecified atom stereocenters. The Kier molecular flexibility index (Phi) is 12.4. The Morgan fingerprint density at radius 3 is 2.29 bits per heavy atom. The standard InChI is InChI=1S/C18H36N2O/c1-5-6-7-8-9-10-11-12-13-15-18(21)19-16-14-17-20(2,3)4/h6-7H,5,8-17H2,1-4H3/p+1. The van der Waals surface area contributed by atoms with Gasteiger partial charge in [-0.2, -0.15) is 0 Å². The molecule has 0 saturated heterocycles. The molecule has 0 aromatic rings. The number of carbonyl (C=O) groups is 1. The summed E-state index contributed by atoms with van der Waals surface area (Å²) < 4.78 is 0.962. The third-order valence-corrected chi connectivity index (χ3v) is 3.50. The molecule has 0 atom stereocenters. The maximum atomic E-state index is 11.6. The van der Waals surface area contributed by atoms with Crippen LogP contribution in [0.3, 0.4) is 0 Å². The number of amides is 1. The highest BCUT2D eigenvalue weighted by atomic mass is 16.1. The molecule has 0 spiro atoms. The van der Waals surface area contributed by atoms with Gasteiger partial charge in [-0.25, -0.2) is 0 Å². The molecule has 0 aliphatic heterocycles. The van der Waals surface area contributed by atoms with Gasteiger partial charge in [-0.05, 0) is 25.7 Å². The molecule has 0 saturated carbocycles. The molecule has 0 radical (unpaired) electrons. The number of hydrogen-bond acceptors (Lipinski definition) is 1. The second kappa shape index (κ2) is 12.9. The number of nitrogens with one attached hydrogen (secondary N) is 1. The number of quaternary nitrogens is 1. The molecule has 3 nitrogen and oxygen atoms in total. The molecule has 3 heteroatoms. The van der Waals surface area contributed by atoms with Crippen LogP contribution in [0.1, 0.15) is 64.7 Å². The van der Waals surface area contributed by atoms with Crippen molar-refractivity contribution in [3.63, 3.8) is 0 Å². The van der Waals surface area contributed by atoms with E-state index in [9.17, 15) is 4.79 Å². The first-order chi connectivity index (χ1) is 9.95. The summed E-state index contributed by atoms with van der Waals surface area (Å²) in [6, 6.07) is 0. The lowest BCUT2D eigenvalue weighted by atomic mass is 10.1. The van der Waals surface area contributed by atoms with Gasteiger partial charge in [-0.15, -0.1) is 0 Å². The number of rotatable bonds is 13. The van der Waals surface area contributed by atoms with Crippen molar-refractivity contribution in [3.8, 4) is 0 Å². The van der Waals surface area contributed by atoms with Gasteiger partial charge in [0.1, 0.15) is 0 Å². The van der Waals surface area contributed by atoms with Crippen molar-refractivity contribution in [2.75, 3.05) is 34.2 Å². The molecule has 0 bridgehead atoms. The molecule has 0 aliphatic rings. The molecule has 0 heterocycles. The van der Waals surface area contributed by atoms with Crippen LogP contribution in [0.15, 0.2) is 12.2 Å². The minimum Gasteiger partial charge on any atom is -0.356 e. The average molecular weight is 298 g/mol. The van der Waals surface area contributed by atoms with E-state index in [2.05, 4.69) is 45.5 Å². The van der Waals surface area contributed by atoms with E-state index in [0.29, 0.717) is 6.42 Å². The van der Waals surface area contributed by atoms with E-state index in [0.717, 1.165) is 36.8 Å². The van der Waals surface area contributed by atoms with Crippen LogP contribution in [-0.2, 0) is 4.79 Å². The summed E-state index contributed by atoms with van der Waals surface area (Å²) in [6.45, 7) is 4.09. The fraction of sp³-hybridized carbons (Fsp3) is 0.833. The minimum atomic E-state index is 0.224. The van der Waals surface area contributed by atoms with Gasteiger partial charge in [0.15, 0.2) is 0 Å². The monoisotopic (exact) mass is 297 g/mol. The van der Waals surface area contributed by atoms with E-state index in [4.69, 9.17) is 0 Å². The number of unbranched alkanes of at least 4 members (excludes halogenated alkanes) is 5. The predicted molar refractivity (Wildman–Crippen MR) is 92.3 cm³/mol. The van der Waals surface area contributed by atoms with Gasteiger partial charge < -0.3 is 9.80 Å². The van der Waals surface area contributed by atoms with Gasteiger partial charge in [-0.3, -0.25) is 4.79 Å². The Labute approximate surface area is 132 Å². The largest absolute Gasteiger partial charge is 0.356 e. The first-order valence-electron chi connectivity index (χ1n) is 8.68. The predicted octanol–water partition coefficient (Wildman–Crippen LogP) is 3.90. The second-order valence-electron chi connectivity index (χ2n) is 6.90. The first-order valence-corrected chi connectivity index (χ1v) is 8.68. The zero-order valence-corrected chi connectivity index (χ0v) is 14.8. The summed E-state index contributed by atoms with van der Waals surface area (Å²) in [5.41, 5.74) is 0. The molecule has 0 aromatic heterocycles. The lowest BCUT2D eigenvalue weighted by molar-refractivity contribution is -0.870. The Bertz CT molecular complexity index is 279. The molecule has 0 aliphatic carbocycles. The molecule has 124 valence electrons. The third kappa shape index (κ3) is 17.1. The Morgan fingerprint density at radius 2 is 1.62 bits per heavy atom. The van der Waals surface area contributed by atoms with Crippen LogP contribution < -0.4 is 5.32 Å². The molecular formula is C18H37N2O+. The van der Waals surface area contributed by atoms with Crippen LogP contribution in [-0.4, -0.2) is 44.6 Å². The number of hydrogen-bond donors (Lipinski definition) is 1. The molecule has 0 aromatic carbocycles. The summed E-state index contributed by atoms with van der Waals surface area (Å²) in [7, 11) is 6.54. The maximum Gasteiger partial charge on any atom is 0.219 e. The van der Waals surface area contributed by atoms with Crippen molar-refractivity contribution in [3.05, 3.63) is 12.2 Å². The van der Waals surface area contributed by atoms with Crippen LogP contribution >= 0.6 is 0 Å². The van der Waals surface area contributed by atoms with Crippen LogP contribution in [0.5, 0.6) is 0 Å². The van der Waals surface area contributed by atoms with Crippen molar-refractivity contribution in [1.29, 1.82) is 0 Å². The van der Waals surface area contributed by atoms with Crippen LogP contribution in [0, 0.1) is 0 Å². The summed E-state index contributed by atoms with van der Waals surface area (Å²) in [4.78, 5) is 11.6. The van der Waals surface area contributed by atoms with Crippen molar-refractivity contribution in [1.82, 2.24) is 5.32 Å². The topological polar surface area (TPSA) is 29.1 Å². The fourth-order valence-corrected chi connectivity index (χ4v) is 2.23. The summed E-state index contributed by atoms with van der Waals surface area (Å²) in [5, 5.41) is 3.02. The van der Waals surface area contributed by atoms with E-state index in [1.807, 2.05) is 0 Å². The molecule has 0 fully saturated rings. The molecule has 0 rings (SSSR count). The van der Waals surface area contributed by atoms with Crippen molar-refractivity contribution < 1.29 is 9.28 Å². The van der Waals surface area contributed by atoms with Gasteiger partial charge >= 0.3 is 0 Å². The SMILES string of the molecule is CCC=CCCCCCCCC(=O)NCCC[N+](C)(C)C. The fourth-order valence-electron chi connectivity index (χ4n) is 2.23. The summed E-state index contributed by atoms with van der Waals surface area (Å²) in [6.07, 6.45) is 14.7. The smallest absolute Gasteiger partial charge is 0.219 e. The second-order valence-corrected chi connectivity index (χ2v) is 6.90. The molecule has 1 amide bonds. The van der Waals surface area contributed by atoms with Gasteiger partial charge in [0.25, 0.3) is 0 Å². The van der Waals surface area contributed by atoms with Crippen molar-refractivity contribution in [2.24, 2.45) is 0 Å². The lowest BCUT2D eigenvalue weighted by Crippen LogP contribution is -2.37. The zero-order valence-electron chi connectivity index (χ0n) is 14.8. The van der Waals surface area contributed by atoms with E-state index in [1.165, 1.54) is 32.1 Å². The molecule has 1 N–H and O–H groups in total. The quantitative estimate of drug-likeness (QED) is 0.312. The highest BCUT2D eigenvalue weighted by molar-refractivity contribution is 5.75. The van der Waals surface area contributed by atoms with Crippen molar-refractivity contribution >= 4 is 5.91 Å². The van der Waals surface area contributed by atoms with Gasteiger partial charge in [0.2, 0.25) is 5.91 Å². The normalized spacial score (nSPS) is 12.0. The van der Waals surface area contributed by atoms with Gasteiger partial charge in [-0.1, -0.05) is 38.3 Å². The highest BCUT2D eigenvalue weighted by Gasteiger charge is 2.06. The van der Waals surface area contributed by atoms with E-state index < -0.39 is 0 Å². The average Bonchev–Trinajstić information content (AvgIpc) is 2.41. The van der Waals surface area contributed by atoms with E-state index in [-0.39, 0.29) is 5.91 Å². The van der Waals surface area contributed by atoms with Crippen molar-refractivity contribution in [2.45, 2.75) is 64.7 Å². The summed E-state index contributed by atoms with van der Waals surface area (Å²) >= 11 is 0. The number of allylic oxidation sites excluding steroid dienone is 2.